The van der Waals surface area contributed by atoms with Crippen LogP contribution >= 0.6 is 11.6 Å². The van der Waals surface area contributed by atoms with E-state index in [2.05, 4.69) is 27.9 Å². The molecular formula is C23H27ClN4O. The molecule has 6 heteroatoms. The lowest BCUT2D eigenvalue weighted by molar-refractivity contribution is 0.0953. The Morgan fingerprint density at radius 2 is 1.83 bits per heavy atom. The van der Waals surface area contributed by atoms with Gasteiger partial charge in [-0.2, -0.15) is 5.10 Å². The number of benzene rings is 2. The molecule has 0 unspecified atom stereocenters. The van der Waals surface area contributed by atoms with Gasteiger partial charge in [-0.1, -0.05) is 61.0 Å². The fraction of sp³-hybridized carbons (Fsp3) is 0.304. The molecule has 29 heavy (non-hydrogen) atoms. The third kappa shape index (κ3) is 5.68. The van der Waals surface area contributed by atoms with Crippen LogP contribution in [0.4, 0.5) is 0 Å². The lowest BCUT2D eigenvalue weighted by Gasteiger charge is -2.08. The average molecular weight is 411 g/mol. The van der Waals surface area contributed by atoms with E-state index in [0.29, 0.717) is 36.9 Å². The van der Waals surface area contributed by atoms with E-state index in [4.69, 9.17) is 11.6 Å². The molecule has 0 saturated heterocycles. The molecular weight excluding hydrogens is 384 g/mol. The van der Waals surface area contributed by atoms with Gasteiger partial charge in [0.15, 0.2) is 0 Å². The van der Waals surface area contributed by atoms with Crippen LogP contribution in [0.15, 0.2) is 54.6 Å². The summed E-state index contributed by atoms with van der Waals surface area (Å²) >= 11 is 6.58. The van der Waals surface area contributed by atoms with Gasteiger partial charge in [-0.25, -0.2) is 4.68 Å². The molecule has 2 N–H and O–H groups in total. The average Bonchev–Trinajstić information content (AvgIpc) is 3.00. The van der Waals surface area contributed by atoms with Crippen molar-refractivity contribution < 1.29 is 4.79 Å². The number of nitrogens with zero attached hydrogens (tertiary/aromatic N) is 2. The van der Waals surface area contributed by atoms with Gasteiger partial charge in [0, 0.05) is 30.8 Å². The molecule has 2 aromatic carbocycles. The molecule has 0 fully saturated rings. The standard InChI is InChI=1S/C23H27ClN4O/c1-3-12-26-23(29)20-11-7-10-19(13-20)14-25-15-21-17(2)27-28(22(21)24)16-18-8-5-4-6-9-18/h4-11,13,25H,3,12,14-16H2,1-2H3,(H,26,29). The third-order valence-corrected chi connectivity index (χ3v) is 5.14. The second-order valence-electron chi connectivity index (χ2n) is 7.06. The fourth-order valence-corrected chi connectivity index (χ4v) is 3.45. The van der Waals surface area contributed by atoms with Crippen molar-refractivity contribution in [3.8, 4) is 0 Å². The molecule has 0 spiro atoms. The molecule has 0 radical (unpaired) electrons. The monoisotopic (exact) mass is 410 g/mol. The molecule has 5 nitrogen and oxygen atoms in total. The van der Waals surface area contributed by atoms with Crippen molar-refractivity contribution in [3.05, 3.63) is 87.7 Å². The molecule has 0 aliphatic heterocycles. The van der Waals surface area contributed by atoms with Gasteiger partial charge >= 0.3 is 0 Å². The van der Waals surface area contributed by atoms with Crippen molar-refractivity contribution in [1.29, 1.82) is 0 Å². The highest BCUT2D eigenvalue weighted by atomic mass is 35.5. The highest BCUT2D eigenvalue weighted by Gasteiger charge is 2.13. The zero-order valence-electron chi connectivity index (χ0n) is 16.9. The fourth-order valence-electron chi connectivity index (χ4n) is 3.15. The van der Waals surface area contributed by atoms with Crippen molar-refractivity contribution in [2.24, 2.45) is 0 Å². The molecule has 3 rings (SSSR count). The van der Waals surface area contributed by atoms with Crippen LogP contribution in [0, 0.1) is 6.92 Å². The minimum absolute atomic E-state index is 0.0326. The number of amides is 1. The van der Waals surface area contributed by atoms with E-state index in [0.717, 1.165) is 28.8 Å². The molecule has 1 aromatic heterocycles. The first kappa shape index (κ1) is 21.1. The lowest BCUT2D eigenvalue weighted by atomic mass is 10.1. The van der Waals surface area contributed by atoms with E-state index >= 15 is 0 Å². The molecule has 0 aliphatic rings. The minimum atomic E-state index is -0.0326. The van der Waals surface area contributed by atoms with E-state index in [1.807, 2.05) is 61.0 Å². The maximum absolute atomic E-state index is 12.1. The Morgan fingerprint density at radius 3 is 2.59 bits per heavy atom. The highest BCUT2D eigenvalue weighted by molar-refractivity contribution is 6.30. The number of hydrogen-bond donors (Lipinski definition) is 2. The summed E-state index contributed by atoms with van der Waals surface area (Å²) < 4.78 is 1.84. The number of nitrogens with one attached hydrogen (secondary N) is 2. The van der Waals surface area contributed by atoms with Crippen LogP contribution in [-0.2, 0) is 19.6 Å². The SMILES string of the molecule is CCCNC(=O)c1cccc(CNCc2c(C)nn(Cc3ccccc3)c2Cl)c1. The van der Waals surface area contributed by atoms with Crippen LogP contribution in [0.1, 0.15) is 46.1 Å². The summed E-state index contributed by atoms with van der Waals surface area (Å²) in [5.41, 5.74) is 4.82. The summed E-state index contributed by atoms with van der Waals surface area (Å²) in [4.78, 5) is 12.1. The topological polar surface area (TPSA) is 59.0 Å². The molecule has 0 atom stereocenters. The first-order valence-electron chi connectivity index (χ1n) is 9.92. The van der Waals surface area contributed by atoms with E-state index in [1.165, 1.54) is 0 Å². The molecule has 0 aliphatic carbocycles. The zero-order chi connectivity index (χ0) is 20.6. The molecule has 1 amide bonds. The number of halogens is 1. The van der Waals surface area contributed by atoms with Crippen LogP contribution in [0.25, 0.3) is 0 Å². The van der Waals surface area contributed by atoms with Crippen LogP contribution in [0.5, 0.6) is 0 Å². The van der Waals surface area contributed by atoms with Crippen LogP contribution in [0.2, 0.25) is 5.15 Å². The predicted octanol–water partition coefficient (Wildman–Crippen LogP) is 4.32. The number of carbonyl (C=O) groups excluding carboxylic acids is 1. The van der Waals surface area contributed by atoms with Crippen molar-refractivity contribution in [1.82, 2.24) is 20.4 Å². The van der Waals surface area contributed by atoms with Gasteiger partial charge in [0.1, 0.15) is 5.15 Å². The Kier molecular flexibility index (Phi) is 7.44. The summed E-state index contributed by atoms with van der Waals surface area (Å²) in [6.07, 6.45) is 0.922. The highest BCUT2D eigenvalue weighted by Crippen LogP contribution is 2.21. The largest absolute Gasteiger partial charge is 0.352 e. The van der Waals surface area contributed by atoms with E-state index < -0.39 is 0 Å². The van der Waals surface area contributed by atoms with Gasteiger partial charge in [-0.05, 0) is 36.6 Å². The maximum Gasteiger partial charge on any atom is 0.251 e. The Morgan fingerprint density at radius 1 is 1.07 bits per heavy atom. The second-order valence-corrected chi connectivity index (χ2v) is 7.42. The summed E-state index contributed by atoms with van der Waals surface area (Å²) in [6, 6.07) is 17.8. The summed E-state index contributed by atoms with van der Waals surface area (Å²) in [5, 5.41) is 11.6. The predicted molar refractivity (Wildman–Crippen MR) is 117 cm³/mol. The van der Waals surface area contributed by atoms with Gasteiger partial charge in [-0.3, -0.25) is 4.79 Å². The second kappa shape index (κ2) is 10.2. The van der Waals surface area contributed by atoms with Gasteiger partial charge in [-0.15, -0.1) is 0 Å². The van der Waals surface area contributed by atoms with Gasteiger partial charge in [0.2, 0.25) is 0 Å². The van der Waals surface area contributed by atoms with Crippen molar-refractivity contribution >= 4 is 17.5 Å². The molecule has 0 bridgehead atoms. The Hall–Kier alpha value is -2.63. The summed E-state index contributed by atoms with van der Waals surface area (Å²) in [6.45, 7) is 6.61. The molecule has 0 saturated carbocycles. The number of hydrogen-bond acceptors (Lipinski definition) is 3. The minimum Gasteiger partial charge on any atom is -0.352 e. The Balaban J connectivity index is 1.60. The van der Waals surface area contributed by atoms with Gasteiger partial charge < -0.3 is 10.6 Å². The van der Waals surface area contributed by atoms with Crippen LogP contribution in [0.3, 0.4) is 0 Å². The quantitative estimate of drug-likeness (QED) is 0.552. The first-order valence-corrected chi connectivity index (χ1v) is 10.3. The Labute approximate surface area is 177 Å². The first-order chi connectivity index (χ1) is 14.1. The summed E-state index contributed by atoms with van der Waals surface area (Å²) in [5.74, 6) is -0.0326. The molecule has 152 valence electrons. The van der Waals surface area contributed by atoms with Gasteiger partial charge in [0.25, 0.3) is 5.91 Å². The van der Waals surface area contributed by atoms with Gasteiger partial charge in [0.05, 0.1) is 12.2 Å². The number of rotatable bonds is 9. The van der Waals surface area contributed by atoms with Crippen molar-refractivity contribution in [3.63, 3.8) is 0 Å². The van der Waals surface area contributed by atoms with Crippen LogP contribution < -0.4 is 10.6 Å². The summed E-state index contributed by atoms with van der Waals surface area (Å²) in [7, 11) is 0. The van der Waals surface area contributed by atoms with E-state index in [-0.39, 0.29) is 5.91 Å². The normalized spacial score (nSPS) is 10.9. The van der Waals surface area contributed by atoms with Crippen LogP contribution in [-0.4, -0.2) is 22.2 Å². The molecule has 3 aromatic rings. The molecule has 1 heterocycles. The number of aromatic nitrogens is 2. The smallest absolute Gasteiger partial charge is 0.251 e. The third-order valence-electron chi connectivity index (χ3n) is 4.71. The lowest BCUT2D eigenvalue weighted by Crippen LogP contribution is -2.24. The maximum atomic E-state index is 12.1. The van der Waals surface area contributed by atoms with E-state index in [9.17, 15) is 4.79 Å². The Bertz CT molecular complexity index is 953. The van der Waals surface area contributed by atoms with E-state index in [1.54, 1.807) is 0 Å². The van der Waals surface area contributed by atoms with Crippen molar-refractivity contribution in [2.75, 3.05) is 6.54 Å². The number of carbonyl (C=O) groups is 1. The number of aryl methyl sites for hydroxylation is 1. The van der Waals surface area contributed by atoms with Crippen molar-refractivity contribution in [2.45, 2.75) is 39.9 Å². The zero-order valence-corrected chi connectivity index (χ0v) is 17.7.